The Labute approximate surface area is 368 Å². The van der Waals surface area contributed by atoms with Crippen molar-refractivity contribution in [3.8, 4) is 0 Å². The monoisotopic (exact) mass is 897 g/mol. The lowest BCUT2D eigenvalue weighted by Crippen LogP contribution is -2.57. The summed E-state index contributed by atoms with van der Waals surface area (Å²) in [6.45, 7) is 8.38. The molecule has 1 saturated carbocycles. The average Bonchev–Trinajstić information content (AvgIpc) is 3.24. The molecular formula is C46H62F2N5O9P. The largest absolute Gasteiger partial charge is 0.399 e. The highest BCUT2D eigenvalue weighted by Crippen LogP contribution is 2.59. The van der Waals surface area contributed by atoms with E-state index >= 15 is 0 Å². The van der Waals surface area contributed by atoms with Crippen LogP contribution in [-0.4, -0.2) is 76.7 Å². The first kappa shape index (κ1) is 50.6. The molecule has 6 atom stereocenters. The molecule has 4 rings (SSSR count). The molecule has 3 aromatic rings. The molecule has 0 heterocycles. The molecule has 0 aliphatic heterocycles. The van der Waals surface area contributed by atoms with Crippen molar-refractivity contribution in [2.75, 3.05) is 13.2 Å². The zero-order chi connectivity index (χ0) is 46.3. The van der Waals surface area contributed by atoms with E-state index in [0.717, 1.165) is 55.5 Å². The van der Waals surface area contributed by atoms with Crippen molar-refractivity contribution in [2.45, 2.75) is 115 Å². The number of halogens is 2. The minimum atomic E-state index is -5.87. The van der Waals surface area contributed by atoms with E-state index in [1.165, 1.54) is 0 Å². The van der Waals surface area contributed by atoms with Gasteiger partial charge in [-0.1, -0.05) is 101 Å². The van der Waals surface area contributed by atoms with E-state index in [1.54, 1.807) is 42.5 Å². The summed E-state index contributed by atoms with van der Waals surface area (Å²) in [5, 5.41) is 10.8. The predicted octanol–water partition coefficient (Wildman–Crippen LogP) is 5.28. The molecule has 0 saturated heterocycles. The number of aryl methyl sites for hydroxylation is 1. The number of nitrogens with one attached hydrogen (secondary N) is 4. The molecule has 1 fully saturated rings. The van der Waals surface area contributed by atoms with Gasteiger partial charge in [0.2, 0.25) is 23.6 Å². The van der Waals surface area contributed by atoms with Gasteiger partial charge in [0, 0.05) is 30.5 Å². The Morgan fingerprint density at radius 2 is 1.38 bits per heavy atom. The molecule has 0 spiro atoms. The lowest BCUT2D eigenvalue weighted by molar-refractivity contribution is -0.136. The maximum absolute atomic E-state index is 14.5. The Balaban J connectivity index is 1.50. The summed E-state index contributed by atoms with van der Waals surface area (Å²) >= 11 is 0. The Bertz CT molecular complexity index is 2030. The quantitative estimate of drug-likeness (QED) is 0.0485. The molecule has 17 heteroatoms. The highest BCUT2D eigenvalue weighted by Gasteiger charge is 2.50. The maximum Gasteiger partial charge on any atom is 0.399 e. The number of benzene rings is 3. The fourth-order valence-corrected chi connectivity index (χ4v) is 8.22. The molecule has 1 aliphatic carbocycles. The van der Waals surface area contributed by atoms with Crippen LogP contribution < -0.4 is 27.0 Å². The SMILES string of the molecule is CCc1ccc(C(=O)NCCCC[C@H](NC(=O)[C@H](Cc2ccc(C(F)(F)P(=O)(O)O)cc2)NC(=O)[C@H](Cc2ccccc2)NC(=O)CO[C@H]2C[C@@H](C)CC[C@@H]2C(C)C)C(N)=O)cc1. The number of rotatable bonds is 23. The lowest BCUT2D eigenvalue weighted by atomic mass is 9.75. The molecule has 1 aliphatic rings. The smallest absolute Gasteiger partial charge is 0.368 e. The maximum atomic E-state index is 14.5. The van der Waals surface area contributed by atoms with Gasteiger partial charge < -0.3 is 41.5 Å². The molecule has 8 N–H and O–H groups in total. The van der Waals surface area contributed by atoms with Crippen molar-refractivity contribution < 1.29 is 51.8 Å². The first-order valence-corrected chi connectivity index (χ1v) is 23.1. The summed E-state index contributed by atoms with van der Waals surface area (Å²) < 4.78 is 46.6. The van der Waals surface area contributed by atoms with Gasteiger partial charge in [-0.15, -0.1) is 0 Å². The third kappa shape index (κ3) is 15.3. The normalized spacial score (nSPS) is 18.1. The molecule has 0 radical (unpaired) electrons. The second kappa shape index (κ2) is 23.6. The van der Waals surface area contributed by atoms with E-state index in [4.69, 9.17) is 10.5 Å². The third-order valence-corrected chi connectivity index (χ3v) is 12.5. The van der Waals surface area contributed by atoms with Crippen LogP contribution in [-0.2, 0) is 53.4 Å². The van der Waals surface area contributed by atoms with Crippen LogP contribution in [0, 0.1) is 17.8 Å². The lowest BCUT2D eigenvalue weighted by Gasteiger charge is -2.37. The number of hydrogen-bond donors (Lipinski definition) is 7. The van der Waals surface area contributed by atoms with Crippen molar-refractivity contribution in [3.63, 3.8) is 0 Å². The molecule has 344 valence electrons. The zero-order valence-corrected chi connectivity index (χ0v) is 37.3. The van der Waals surface area contributed by atoms with E-state index in [2.05, 4.69) is 42.0 Å². The van der Waals surface area contributed by atoms with Crippen LogP contribution >= 0.6 is 7.60 Å². The average molecular weight is 898 g/mol. The topological polar surface area (TPSA) is 226 Å². The molecule has 63 heavy (non-hydrogen) atoms. The minimum absolute atomic E-state index is 0.0263. The van der Waals surface area contributed by atoms with Crippen LogP contribution in [0.5, 0.6) is 0 Å². The summed E-state index contributed by atoms with van der Waals surface area (Å²) in [7, 11) is -5.87. The van der Waals surface area contributed by atoms with Crippen molar-refractivity contribution in [1.29, 1.82) is 0 Å². The third-order valence-electron chi connectivity index (χ3n) is 11.6. The van der Waals surface area contributed by atoms with Gasteiger partial charge in [0.1, 0.15) is 24.7 Å². The van der Waals surface area contributed by atoms with Crippen LogP contribution in [0.3, 0.4) is 0 Å². The van der Waals surface area contributed by atoms with E-state index in [1.807, 2.05) is 19.1 Å². The number of carbonyl (C=O) groups is 5. The number of nitrogens with two attached hydrogens (primary N) is 1. The van der Waals surface area contributed by atoms with Gasteiger partial charge in [0.25, 0.3) is 5.91 Å². The summed E-state index contributed by atoms with van der Waals surface area (Å²) in [5.41, 5.74) is 2.76. The molecule has 0 bridgehead atoms. The van der Waals surface area contributed by atoms with Crippen molar-refractivity contribution in [2.24, 2.45) is 23.5 Å². The molecule has 0 aromatic heterocycles. The van der Waals surface area contributed by atoms with Crippen LogP contribution in [0.15, 0.2) is 78.9 Å². The molecule has 0 unspecified atom stereocenters. The molecule has 14 nitrogen and oxygen atoms in total. The number of primary amides is 1. The Kier molecular flexibility index (Phi) is 19.0. The highest BCUT2D eigenvalue weighted by atomic mass is 31.2. The molecule has 3 aromatic carbocycles. The van der Waals surface area contributed by atoms with Gasteiger partial charge >= 0.3 is 13.3 Å². The fourth-order valence-electron chi connectivity index (χ4n) is 7.74. The Hall–Kier alpha value is -5.02. The number of amides is 5. The Morgan fingerprint density at radius 3 is 1.95 bits per heavy atom. The highest BCUT2D eigenvalue weighted by molar-refractivity contribution is 7.52. The Morgan fingerprint density at radius 1 is 0.810 bits per heavy atom. The van der Waals surface area contributed by atoms with Crippen LogP contribution in [0.4, 0.5) is 8.78 Å². The van der Waals surface area contributed by atoms with Crippen LogP contribution in [0.1, 0.15) is 98.8 Å². The summed E-state index contributed by atoms with van der Waals surface area (Å²) in [6.07, 6.45) is 4.14. The van der Waals surface area contributed by atoms with Gasteiger partial charge in [0.05, 0.1) is 6.10 Å². The first-order valence-electron chi connectivity index (χ1n) is 21.5. The number of carbonyl (C=O) groups excluding carboxylic acids is 5. The van der Waals surface area contributed by atoms with Crippen molar-refractivity contribution in [3.05, 3.63) is 107 Å². The van der Waals surface area contributed by atoms with Gasteiger partial charge in [-0.05, 0) is 85.1 Å². The van der Waals surface area contributed by atoms with Gasteiger partial charge in [0.15, 0.2) is 0 Å². The van der Waals surface area contributed by atoms with Crippen LogP contribution in [0.25, 0.3) is 0 Å². The first-order chi connectivity index (χ1) is 29.8. The van der Waals surface area contributed by atoms with E-state index in [-0.39, 0.29) is 55.9 Å². The van der Waals surface area contributed by atoms with Crippen LogP contribution in [0.2, 0.25) is 0 Å². The second-order valence-corrected chi connectivity index (χ2v) is 18.4. The van der Waals surface area contributed by atoms with E-state index < -0.39 is 60.6 Å². The minimum Gasteiger partial charge on any atom is -0.368 e. The summed E-state index contributed by atoms with van der Waals surface area (Å²) in [5.74, 6) is -2.23. The molecule has 5 amide bonds. The number of hydrogen-bond acceptors (Lipinski definition) is 7. The van der Waals surface area contributed by atoms with Gasteiger partial charge in [-0.25, -0.2) is 0 Å². The van der Waals surface area contributed by atoms with E-state index in [9.17, 15) is 47.1 Å². The fraction of sp³-hybridized carbons (Fsp3) is 0.500. The zero-order valence-electron chi connectivity index (χ0n) is 36.4. The summed E-state index contributed by atoms with van der Waals surface area (Å²) in [6, 6.07) is 16.1. The van der Waals surface area contributed by atoms with Gasteiger partial charge in [-0.2, -0.15) is 8.78 Å². The standard InChI is InChI=1S/C46H62F2N5O9P/c1-5-31-15-19-34(20-16-31)43(56)50-24-10-9-13-37(42(49)55)52-45(58)39(27-33-17-21-35(22-18-33)46(47,48)63(59,60)61)53-44(57)38(26-32-11-7-6-8-12-32)51-41(54)28-62-40-25-30(4)14-23-36(40)29(2)3/h6-8,11-12,15-22,29-30,36-40H,5,9-10,13-14,23-28H2,1-4H3,(H2,49,55)(H,50,56)(H,51,54)(H,52,58)(H,53,57)(H2,59,60,61)/t30-,36+,37-,38-,39-,40-/m0/s1. The number of ether oxygens (including phenoxy) is 1. The predicted molar refractivity (Wildman–Crippen MR) is 234 cm³/mol. The second-order valence-electron chi connectivity index (χ2n) is 16.8. The van der Waals surface area contributed by atoms with Crippen molar-refractivity contribution >= 4 is 37.1 Å². The van der Waals surface area contributed by atoms with Gasteiger partial charge in [-0.3, -0.25) is 28.5 Å². The number of alkyl halides is 2. The summed E-state index contributed by atoms with van der Waals surface area (Å²) in [4.78, 5) is 85.3. The number of unbranched alkanes of at least 4 members (excludes halogenated alkanes) is 1. The molecular weight excluding hydrogens is 836 g/mol. The van der Waals surface area contributed by atoms with E-state index in [0.29, 0.717) is 35.8 Å². The van der Waals surface area contributed by atoms with Crippen molar-refractivity contribution in [1.82, 2.24) is 21.3 Å².